The Morgan fingerprint density at radius 1 is 0.625 bits per heavy atom. The molecule has 0 spiro atoms. The molecule has 0 fully saturated rings. The summed E-state index contributed by atoms with van der Waals surface area (Å²) in [6.45, 7) is 5.73. The number of rotatable bonds is 4. The van der Waals surface area contributed by atoms with Crippen molar-refractivity contribution in [3.05, 3.63) is 117 Å². The number of aryl methyl sites for hydroxylation is 2. The monoisotopic (exact) mass is 646 g/mol. The molecule has 248 valence electrons. The van der Waals surface area contributed by atoms with Crippen LogP contribution in [0.15, 0.2) is 72.8 Å². The van der Waals surface area contributed by atoms with Crippen LogP contribution in [0.4, 0.5) is 11.4 Å². The van der Waals surface area contributed by atoms with E-state index in [9.17, 15) is 9.59 Å². The average Bonchev–Trinajstić information content (AvgIpc) is 3.10. The lowest BCUT2D eigenvalue weighted by Gasteiger charge is -2.44. The lowest BCUT2D eigenvalue weighted by Crippen LogP contribution is -2.50. The Morgan fingerprint density at radius 2 is 1.04 bits per heavy atom. The molecule has 8 rings (SSSR count). The van der Waals surface area contributed by atoms with E-state index in [0.29, 0.717) is 11.1 Å². The van der Waals surface area contributed by atoms with E-state index in [2.05, 4.69) is 20.4 Å². The van der Waals surface area contributed by atoms with Crippen LogP contribution in [0, 0.1) is 13.8 Å². The summed E-state index contributed by atoms with van der Waals surface area (Å²) in [6.07, 6.45) is 1.39. The van der Waals surface area contributed by atoms with Gasteiger partial charge in [-0.05, 0) is 96.5 Å². The molecule has 4 aromatic rings. The topological polar surface area (TPSA) is 135 Å². The Hall–Kier alpha value is -5.06. The van der Waals surface area contributed by atoms with Gasteiger partial charge in [-0.1, -0.05) is 36.4 Å². The highest BCUT2D eigenvalue weighted by Crippen LogP contribution is 2.44. The number of carbonyl (C=O) groups excluding carboxylic acids is 2. The zero-order valence-corrected chi connectivity index (χ0v) is 27.7. The van der Waals surface area contributed by atoms with Gasteiger partial charge in [-0.15, -0.1) is 0 Å². The molecular formula is C38H42N6O4. The van der Waals surface area contributed by atoms with E-state index in [0.717, 1.165) is 82.2 Å². The number of hydrogen-bond acceptors (Lipinski definition) is 8. The Labute approximate surface area is 281 Å². The molecule has 0 bridgehead atoms. The third-order valence-electron chi connectivity index (χ3n) is 10.1. The Morgan fingerprint density at radius 3 is 1.42 bits per heavy atom. The highest BCUT2D eigenvalue weighted by Gasteiger charge is 2.39. The zero-order chi connectivity index (χ0) is 33.7. The van der Waals surface area contributed by atoms with E-state index >= 15 is 0 Å². The molecule has 4 atom stereocenters. The van der Waals surface area contributed by atoms with Gasteiger partial charge < -0.3 is 41.4 Å². The van der Waals surface area contributed by atoms with Crippen LogP contribution in [0.3, 0.4) is 0 Å². The predicted octanol–water partition coefficient (Wildman–Crippen LogP) is 5.31. The summed E-state index contributed by atoms with van der Waals surface area (Å²) >= 11 is 0. The molecule has 0 aliphatic carbocycles. The highest BCUT2D eigenvalue weighted by molar-refractivity contribution is 6.04. The minimum absolute atomic E-state index is 0.0142. The fraction of sp³-hybridized carbons (Fsp3) is 0.316. The second-order valence-electron chi connectivity index (χ2n) is 12.9. The van der Waals surface area contributed by atoms with Gasteiger partial charge in [-0.3, -0.25) is 9.59 Å². The quantitative estimate of drug-likeness (QED) is 0.234. The minimum atomic E-state index is -0.176. The molecule has 2 amide bonds. The lowest BCUT2D eigenvalue weighted by molar-refractivity contribution is 0.0916. The SMILES string of the molecule is COc1ccc([C@@H]2NC(=O)c3cccc4c3N2CC[C@H]4N)c(C)c1.COc1ccc([C@H]2NC(=O)c3cccc4c3N2CC[C@@H]4N)c(C)c1. The number of nitrogens with two attached hydrogens (primary N) is 2. The van der Waals surface area contributed by atoms with E-state index in [1.165, 1.54) is 0 Å². The van der Waals surface area contributed by atoms with Gasteiger partial charge in [-0.25, -0.2) is 0 Å². The molecular weight excluding hydrogens is 604 g/mol. The number of nitrogens with zero attached hydrogens (tertiary/aromatic N) is 2. The van der Waals surface area contributed by atoms with Gasteiger partial charge in [0, 0.05) is 25.2 Å². The molecule has 0 aromatic heterocycles. The maximum absolute atomic E-state index is 12.6. The molecule has 10 heteroatoms. The molecule has 4 aliphatic rings. The molecule has 0 saturated carbocycles. The van der Waals surface area contributed by atoms with E-state index in [-0.39, 0.29) is 36.2 Å². The summed E-state index contributed by atoms with van der Waals surface area (Å²) in [5.74, 6) is 1.55. The maximum Gasteiger partial charge on any atom is 0.255 e. The van der Waals surface area contributed by atoms with Gasteiger partial charge in [0.1, 0.15) is 23.8 Å². The molecule has 6 N–H and O–H groups in total. The first-order valence-electron chi connectivity index (χ1n) is 16.4. The van der Waals surface area contributed by atoms with Crippen molar-refractivity contribution >= 4 is 23.2 Å². The number of anilines is 2. The van der Waals surface area contributed by atoms with Crippen molar-refractivity contribution in [2.45, 2.75) is 51.1 Å². The fourth-order valence-corrected chi connectivity index (χ4v) is 7.55. The van der Waals surface area contributed by atoms with Crippen molar-refractivity contribution in [2.75, 3.05) is 37.1 Å². The first-order valence-corrected chi connectivity index (χ1v) is 16.4. The molecule has 0 unspecified atom stereocenters. The van der Waals surface area contributed by atoms with Crippen molar-refractivity contribution in [1.82, 2.24) is 10.6 Å². The second kappa shape index (κ2) is 12.5. The van der Waals surface area contributed by atoms with Crippen molar-refractivity contribution in [1.29, 1.82) is 0 Å². The number of nitrogens with one attached hydrogen (secondary N) is 2. The predicted molar refractivity (Wildman–Crippen MR) is 187 cm³/mol. The van der Waals surface area contributed by atoms with Crippen molar-refractivity contribution in [3.63, 3.8) is 0 Å². The number of benzene rings is 4. The molecule has 0 saturated heterocycles. The maximum atomic E-state index is 12.6. The van der Waals surface area contributed by atoms with Crippen LogP contribution >= 0.6 is 0 Å². The zero-order valence-electron chi connectivity index (χ0n) is 27.7. The molecule has 4 aliphatic heterocycles. The third-order valence-corrected chi connectivity index (χ3v) is 10.1. The first kappa shape index (κ1) is 31.5. The van der Waals surface area contributed by atoms with Crippen LogP contribution in [-0.2, 0) is 0 Å². The van der Waals surface area contributed by atoms with Crippen LogP contribution in [0.5, 0.6) is 11.5 Å². The number of hydrogen-bond donors (Lipinski definition) is 4. The van der Waals surface area contributed by atoms with Gasteiger partial charge in [0.05, 0.1) is 36.7 Å². The standard InChI is InChI=1S/2C19H21N3O2/c2*1-11-10-12(24-2)6-7-13(11)18-21-19(23)15-5-3-4-14-16(20)8-9-22(18)17(14)15/h2*3-7,10,16,18H,8-9,20H2,1-2H3,(H,21,23)/t2*16-,18-/m10/s1. The van der Waals surface area contributed by atoms with Crippen molar-refractivity contribution < 1.29 is 19.1 Å². The van der Waals surface area contributed by atoms with Crippen LogP contribution in [0.2, 0.25) is 0 Å². The van der Waals surface area contributed by atoms with Crippen LogP contribution < -0.4 is 41.4 Å². The number of para-hydroxylation sites is 2. The Kier molecular flexibility index (Phi) is 8.22. The molecule has 10 nitrogen and oxygen atoms in total. The van der Waals surface area contributed by atoms with Crippen LogP contribution in [0.1, 0.15) is 91.4 Å². The van der Waals surface area contributed by atoms with Crippen LogP contribution in [0.25, 0.3) is 0 Å². The molecule has 48 heavy (non-hydrogen) atoms. The van der Waals surface area contributed by atoms with E-state index in [1.54, 1.807) is 14.2 Å². The number of carbonyl (C=O) groups is 2. The number of ether oxygens (including phenoxy) is 2. The summed E-state index contributed by atoms with van der Waals surface area (Å²) in [4.78, 5) is 29.8. The van der Waals surface area contributed by atoms with Crippen molar-refractivity contribution in [2.24, 2.45) is 11.5 Å². The number of amides is 2. The smallest absolute Gasteiger partial charge is 0.255 e. The summed E-state index contributed by atoms with van der Waals surface area (Å²) in [5, 5.41) is 6.30. The Balaban J connectivity index is 0.000000152. The van der Waals surface area contributed by atoms with Gasteiger partial charge in [-0.2, -0.15) is 0 Å². The third kappa shape index (κ3) is 5.31. The summed E-state index contributed by atoms with van der Waals surface area (Å²) in [7, 11) is 3.32. The lowest BCUT2D eigenvalue weighted by atomic mass is 9.90. The van der Waals surface area contributed by atoms with Gasteiger partial charge >= 0.3 is 0 Å². The largest absolute Gasteiger partial charge is 0.497 e. The fourth-order valence-electron chi connectivity index (χ4n) is 7.55. The van der Waals surface area contributed by atoms with Gasteiger partial charge in [0.2, 0.25) is 0 Å². The summed E-state index contributed by atoms with van der Waals surface area (Å²) < 4.78 is 10.6. The number of methoxy groups -OCH3 is 2. The Bertz CT molecular complexity index is 1770. The average molecular weight is 647 g/mol. The van der Waals surface area contributed by atoms with Gasteiger partial charge in [0.15, 0.2) is 0 Å². The first-order chi connectivity index (χ1) is 23.2. The van der Waals surface area contributed by atoms with Gasteiger partial charge in [0.25, 0.3) is 11.8 Å². The van der Waals surface area contributed by atoms with E-state index < -0.39 is 0 Å². The molecule has 4 aromatic carbocycles. The molecule has 0 radical (unpaired) electrons. The van der Waals surface area contributed by atoms with E-state index in [4.69, 9.17) is 20.9 Å². The summed E-state index contributed by atoms with van der Waals surface area (Å²) in [6, 6.07) is 23.5. The molecule has 4 heterocycles. The highest BCUT2D eigenvalue weighted by atomic mass is 16.5. The van der Waals surface area contributed by atoms with Crippen LogP contribution in [-0.4, -0.2) is 39.1 Å². The normalized spacial score (nSPS) is 22.0. The summed E-state index contributed by atoms with van der Waals surface area (Å²) in [5.41, 5.74) is 22.4. The second-order valence-corrected chi connectivity index (χ2v) is 12.9. The minimum Gasteiger partial charge on any atom is -0.497 e. The van der Waals surface area contributed by atoms with Crippen molar-refractivity contribution in [3.8, 4) is 11.5 Å². The van der Waals surface area contributed by atoms with E-state index in [1.807, 2.05) is 86.6 Å².